The molecular weight excluding hydrogens is 294 g/mol. The molecule has 1 aromatic carbocycles. The highest BCUT2D eigenvalue weighted by Crippen LogP contribution is 2.14. The SMILES string of the molecule is CCCCCCCCCCCCCCC(CO)Nc1ccccc1. The number of aliphatic hydroxyl groups is 1. The molecule has 1 rings (SSSR count). The lowest BCUT2D eigenvalue weighted by Gasteiger charge is -2.17. The zero-order chi connectivity index (χ0) is 17.3. The van der Waals surface area contributed by atoms with Gasteiger partial charge in [0, 0.05) is 11.7 Å². The maximum Gasteiger partial charge on any atom is 0.0632 e. The number of aliphatic hydroxyl groups excluding tert-OH is 1. The molecule has 138 valence electrons. The van der Waals surface area contributed by atoms with Gasteiger partial charge in [-0.1, -0.05) is 102 Å². The average molecular weight is 334 g/mol. The number of hydrogen-bond donors (Lipinski definition) is 2. The van der Waals surface area contributed by atoms with Gasteiger partial charge in [-0.05, 0) is 18.6 Å². The molecule has 0 aliphatic heterocycles. The number of benzene rings is 1. The third-order valence-corrected chi connectivity index (χ3v) is 4.77. The summed E-state index contributed by atoms with van der Waals surface area (Å²) in [5, 5.41) is 12.9. The lowest BCUT2D eigenvalue weighted by molar-refractivity contribution is 0.266. The summed E-state index contributed by atoms with van der Waals surface area (Å²) in [6, 6.07) is 10.4. The van der Waals surface area contributed by atoms with Gasteiger partial charge in [0.05, 0.1) is 6.61 Å². The molecule has 0 heterocycles. The normalized spacial score (nSPS) is 12.2. The van der Waals surface area contributed by atoms with E-state index >= 15 is 0 Å². The van der Waals surface area contributed by atoms with Crippen molar-refractivity contribution < 1.29 is 5.11 Å². The third-order valence-electron chi connectivity index (χ3n) is 4.77. The molecule has 1 unspecified atom stereocenters. The van der Waals surface area contributed by atoms with E-state index in [1.165, 1.54) is 77.0 Å². The van der Waals surface area contributed by atoms with Crippen molar-refractivity contribution in [3.05, 3.63) is 30.3 Å². The lowest BCUT2D eigenvalue weighted by atomic mass is 10.0. The molecule has 1 atom stereocenters. The van der Waals surface area contributed by atoms with E-state index in [4.69, 9.17) is 0 Å². The third kappa shape index (κ3) is 11.5. The quantitative estimate of drug-likeness (QED) is 0.336. The second-order valence-corrected chi connectivity index (χ2v) is 7.07. The van der Waals surface area contributed by atoms with E-state index in [9.17, 15) is 5.11 Å². The van der Waals surface area contributed by atoms with Gasteiger partial charge in [0.2, 0.25) is 0 Å². The first kappa shape index (κ1) is 21.0. The van der Waals surface area contributed by atoms with Gasteiger partial charge < -0.3 is 10.4 Å². The molecule has 2 N–H and O–H groups in total. The fraction of sp³-hybridized carbons (Fsp3) is 0.727. The van der Waals surface area contributed by atoms with Crippen molar-refractivity contribution in [2.75, 3.05) is 11.9 Å². The molecule has 1 aromatic rings. The fourth-order valence-electron chi connectivity index (χ4n) is 3.21. The minimum absolute atomic E-state index is 0.190. The standard InChI is InChI=1S/C22H39NO/c1-2-3-4-5-6-7-8-9-10-11-12-14-19-22(20-24)23-21-17-15-13-16-18-21/h13,15-18,22-24H,2-12,14,19-20H2,1H3. The maximum atomic E-state index is 9.50. The van der Waals surface area contributed by atoms with Crippen LogP contribution in [-0.4, -0.2) is 17.8 Å². The zero-order valence-electron chi connectivity index (χ0n) is 15.8. The molecule has 0 amide bonds. The predicted octanol–water partition coefficient (Wildman–Crippen LogP) is 6.55. The van der Waals surface area contributed by atoms with Crippen LogP contribution in [0.5, 0.6) is 0 Å². The van der Waals surface area contributed by atoms with E-state index < -0.39 is 0 Å². The molecule has 2 heteroatoms. The summed E-state index contributed by atoms with van der Waals surface area (Å²) in [7, 11) is 0. The Morgan fingerprint density at radius 3 is 1.75 bits per heavy atom. The average Bonchev–Trinajstić information content (AvgIpc) is 2.62. The van der Waals surface area contributed by atoms with Crippen LogP contribution >= 0.6 is 0 Å². The second-order valence-electron chi connectivity index (χ2n) is 7.07. The monoisotopic (exact) mass is 333 g/mol. The molecular formula is C22H39NO. The van der Waals surface area contributed by atoms with Gasteiger partial charge in [-0.3, -0.25) is 0 Å². The van der Waals surface area contributed by atoms with Crippen LogP contribution in [0.2, 0.25) is 0 Å². The van der Waals surface area contributed by atoms with Crippen LogP contribution in [-0.2, 0) is 0 Å². The highest BCUT2D eigenvalue weighted by atomic mass is 16.3. The van der Waals surface area contributed by atoms with Crippen molar-refractivity contribution in [2.24, 2.45) is 0 Å². The van der Waals surface area contributed by atoms with Gasteiger partial charge in [-0.2, -0.15) is 0 Å². The van der Waals surface area contributed by atoms with Crippen LogP contribution in [0.1, 0.15) is 90.4 Å². The first-order chi connectivity index (χ1) is 11.9. The number of nitrogens with one attached hydrogen (secondary N) is 1. The van der Waals surface area contributed by atoms with Gasteiger partial charge in [-0.25, -0.2) is 0 Å². The smallest absolute Gasteiger partial charge is 0.0632 e. The van der Waals surface area contributed by atoms with Gasteiger partial charge in [0.25, 0.3) is 0 Å². The molecule has 2 nitrogen and oxygen atoms in total. The van der Waals surface area contributed by atoms with Gasteiger partial charge in [-0.15, -0.1) is 0 Å². The Balaban J connectivity index is 1.90. The summed E-state index contributed by atoms with van der Waals surface area (Å²) >= 11 is 0. The largest absolute Gasteiger partial charge is 0.394 e. The number of anilines is 1. The van der Waals surface area contributed by atoms with Crippen LogP contribution in [0.25, 0.3) is 0 Å². The molecule has 0 radical (unpaired) electrons. The van der Waals surface area contributed by atoms with Crippen LogP contribution in [0, 0.1) is 0 Å². The maximum absolute atomic E-state index is 9.50. The number of hydrogen-bond acceptors (Lipinski definition) is 2. The summed E-state index contributed by atoms with van der Waals surface area (Å²) in [5.74, 6) is 0. The Hall–Kier alpha value is -1.02. The highest BCUT2D eigenvalue weighted by Gasteiger charge is 2.06. The molecule has 0 spiro atoms. The zero-order valence-corrected chi connectivity index (χ0v) is 15.8. The minimum Gasteiger partial charge on any atom is -0.394 e. The van der Waals surface area contributed by atoms with Crippen molar-refractivity contribution in [1.82, 2.24) is 0 Å². The lowest BCUT2D eigenvalue weighted by Crippen LogP contribution is -2.23. The fourth-order valence-corrected chi connectivity index (χ4v) is 3.21. The van der Waals surface area contributed by atoms with E-state index in [0.29, 0.717) is 0 Å². The first-order valence-corrected chi connectivity index (χ1v) is 10.3. The van der Waals surface area contributed by atoms with E-state index in [1.807, 2.05) is 18.2 Å². The number of rotatable bonds is 16. The van der Waals surface area contributed by atoms with Crippen LogP contribution in [0.3, 0.4) is 0 Å². The summed E-state index contributed by atoms with van der Waals surface area (Å²) in [6.07, 6.45) is 17.6. The minimum atomic E-state index is 0.190. The second kappa shape index (κ2) is 15.5. The Bertz CT molecular complexity index is 365. The summed E-state index contributed by atoms with van der Waals surface area (Å²) in [4.78, 5) is 0. The van der Waals surface area contributed by atoms with Crippen molar-refractivity contribution in [3.8, 4) is 0 Å². The molecule has 0 saturated heterocycles. The molecule has 0 aliphatic carbocycles. The number of para-hydroxylation sites is 1. The van der Waals surface area contributed by atoms with E-state index in [1.54, 1.807) is 0 Å². The summed E-state index contributed by atoms with van der Waals surface area (Å²) in [6.45, 7) is 2.49. The molecule has 0 saturated carbocycles. The Morgan fingerprint density at radius 1 is 0.750 bits per heavy atom. The van der Waals surface area contributed by atoms with E-state index in [-0.39, 0.29) is 12.6 Å². The first-order valence-electron chi connectivity index (χ1n) is 10.3. The van der Waals surface area contributed by atoms with Gasteiger partial charge in [0.15, 0.2) is 0 Å². The number of unbranched alkanes of at least 4 members (excludes halogenated alkanes) is 11. The van der Waals surface area contributed by atoms with Gasteiger partial charge in [0.1, 0.15) is 0 Å². The van der Waals surface area contributed by atoms with Crippen molar-refractivity contribution in [1.29, 1.82) is 0 Å². The van der Waals surface area contributed by atoms with Gasteiger partial charge >= 0.3 is 0 Å². The van der Waals surface area contributed by atoms with Crippen molar-refractivity contribution >= 4 is 5.69 Å². The highest BCUT2D eigenvalue weighted by molar-refractivity contribution is 5.43. The van der Waals surface area contributed by atoms with Crippen molar-refractivity contribution in [2.45, 2.75) is 96.4 Å². The molecule has 24 heavy (non-hydrogen) atoms. The molecule has 0 fully saturated rings. The predicted molar refractivity (Wildman–Crippen MR) is 107 cm³/mol. The Morgan fingerprint density at radius 2 is 1.25 bits per heavy atom. The van der Waals surface area contributed by atoms with E-state index in [0.717, 1.165) is 12.1 Å². The molecule has 0 aliphatic rings. The van der Waals surface area contributed by atoms with E-state index in [2.05, 4.69) is 24.4 Å². The van der Waals surface area contributed by atoms with Crippen LogP contribution < -0.4 is 5.32 Å². The van der Waals surface area contributed by atoms with Crippen molar-refractivity contribution in [3.63, 3.8) is 0 Å². The van der Waals surface area contributed by atoms with Crippen LogP contribution in [0.15, 0.2) is 30.3 Å². The topological polar surface area (TPSA) is 32.3 Å². The van der Waals surface area contributed by atoms with Crippen LogP contribution in [0.4, 0.5) is 5.69 Å². The molecule has 0 bridgehead atoms. The Kier molecular flexibility index (Phi) is 13.6. The summed E-state index contributed by atoms with van der Waals surface area (Å²) < 4.78 is 0. The molecule has 0 aromatic heterocycles. The summed E-state index contributed by atoms with van der Waals surface area (Å²) in [5.41, 5.74) is 1.11. The Labute approximate surface area is 150 Å².